The number of rotatable bonds is 1. The highest BCUT2D eigenvalue weighted by atomic mass is 35.5. The number of halogens is 1. The van der Waals surface area contributed by atoms with E-state index in [0.717, 1.165) is 22.6 Å². The van der Waals surface area contributed by atoms with Crippen LogP contribution in [0.4, 0.5) is 0 Å². The van der Waals surface area contributed by atoms with Crippen molar-refractivity contribution in [2.24, 2.45) is 0 Å². The third kappa shape index (κ3) is 1.96. The number of carbonyl (C=O) groups is 1. The summed E-state index contributed by atoms with van der Waals surface area (Å²) in [5.41, 5.74) is 2.15. The van der Waals surface area contributed by atoms with Gasteiger partial charge in [0.25, 0.3) is 0 Å². The van der Waals surface area contributed by atoms with Gasteiger partial charge >= 0.3 is 0 Å². The van der Waals surface area contributed by atoms with E-state index in [1.165, 1.54) is 0 Å². The molecule has 0 atom stereocenters. The van der Waals surface area contributed by atoms with Crippen LogP contribution in [-0.4, -0.2) is 12.5 Å². The fourth-order valence-corrected chi connectivity index (χ4v) is 1.62. The average molecular weight is 208 g/mol. The minimum absolute atomic E-state index is 0.0128. The van der Waals surface area contributed by atoms with Gasteiger partial charge in [-0.2, -0.15) is 0 Å². The third-order valence-electron chi connectivity index (χ3n) is 2.21. The van der Waals surface area contributed by atoms with Crippen molar-refractivity contribution in [3.8, 4) is 0 Å². The molecule has 0 aromatic heterocycles. The van der Waals surface area contributed by atoms with E-state index >= 15 is 0 Å². The standard InChI is InChI=1S/C11H10ClNO/c12-10-3-1-8(2-4-10)9-5-6-13-11(14)7-9/h1-4,7H,5-6H2,(H,13,14). The highest BCUT2D eigenvalue weighted by Gasteiger charge is 2.09. The summed E-state index contributed by atoms with van der Waals surface area (Å²) in [5, 5.41) is 3.47. The van der Waals surface area contributed by atoms with Crippen molar-refractivity contribution in [1.29, 1.82) is 0 Å². The molecular formula is C11H10ClNO. The van der Waals surface area contributed by atoms with Crippen LogP contribution in [-0.2, 0) is 4.79 Å². The maximum absolute atomic E-state index is 11.1. The molecule has 0 unspecified atom stereocenters. The summed E-state index contributed by atoms with van der Waals surface area (Å²) in [6.07, 6.45) is 2.53. The van der Waals surface area contributed by atoms with Gasteiger partial charge in [-0.05, 0) is 29.7 Å². The van der Waals surface area contributed by atoms with Crippen molar-refractivity contribution in [2.75, 3.05) is 6.54 Å². The van der Waals surface area contributed by atoms with Gasteiger partial charge in [0.1, 0.15) is 0 Å². The van der Waals surface area contributed by atoms with E-state index in [2.05, 4.69) is 5.32 Å². The van der Waals surface area contributed by atoms with Gasteiger partial charge < -0.3 is 5.32 Å². The minimum atomic E-state index is -0.0128. The average Bonchev–Trinajstić information content (AvgIpc) is 2.19. The van der Waals surface area contributed by atoms with Gasteiger partial charge in [-0.15, -0.1) is 0 Å². The predicted molar refractivity (Wildman–Crippen MR) is 57.1 cm³/mol. The largest absolute Gasteiger partial charge is 0.352 e. The third-order valence-corrected chi connectivity index (χ3v) is 2.47. The zero-order valence-corrected chi connectivity index (χ0v) is 8.34. The first-order chi connectivity index (χ1) is 6.75. The van der Waals surface area contributed by atoms with Crippen molar-refractivity contribution in [1.82, 2.24) is 5.32 Å². The Hall–Kier alpha value is -1.28. The Morgan fingerprint density at radius 2 is 1.93 bits per heavy atom. The van der Waals surface area contributed by atoms with Crippen LogP contribution in [0.5, 0.6) is 0 Å². The monoisotopic (exact) mass is 207 g/mol. The second-order valence-corrected chi connectivity index (χ2v) is 3.65. The number of carbonyl (C=O) groups excluding carboxylic acids is 1. The van der Waals surface area contributed by atoms with Gasteiger partial charge in [0, 0.05) is 17.6 Å². The predicted octanol–water partition coefficient (Wildman–Crippen LogP) is 2.24. The van der Waals surface area contributed by atoms with E-state index in [4.69, 9.17) is 11.6 Å². The topological polar surface area (TPSA) is 29.1 Å². The summed E-state index contributed by atoms with van der Waals surface area (Å²) in [7, 11) is 0. The first-order valence-corrected chi connectivity index (χ1v) is 4.88. The van der Waals surface area contributed by atoms with Crippen LogP contribution < -0.4 is 5.32 Å². The van der Waals surface area contributed by atoms with Gasteiger partial charge in [-0.25, -0.2) is 0 Å². The van der Waals surface area contributed by atoms with E-state index in [0.29, 0.717) is 6.54 Å². The molecule has 0 aliphatic carbocycles. The molecule has 0 spiro atoms. The van der Waals surface area contributed by atoms with Crippen LogP contribution in [0.2, 0.25) is 5.02 Å². The molecule has 1 aromatic carbocycles. The molecule has 0 saturated carbocycles. The minimum Gasteiger partial charge on any atom is -0.352 e. The van der Waals surface area contributed by atoms with E-state index in [-0.39, 0.29) is 5.91 Å². The SMILES string of the molecule is O=C1C=C(c2ccc(Cl)cc2)CCN1. The molecule has 1 N–H and O–H groups in total. The van der Waals surface area contributed by atoms with Crippen molar-refractivity contribution < 1.29 is 4.79 Å². The zero-order chi connectivity index (χ0) is 9.97. The summed E-state index contributed by atoms with van der Waals surface area (Å²) in [6.45, 7) is 0.716. The fourth-order valence-electron chi connectivity index (χ4n) is 1.49. The molecule has 1 aromatic rings. The molecule has 1 aliphatic heterocycles. The molecule has 0 saturated heterocycles. The summed E-state index contributed by atoms with van der Waals surface area (Å²) in [5.74, 6) is -0.0128. The zero-order valence-electron chi connectivity index (χ0n) is 7.59. The Kier molecular flexibility index (Phi) is 2.55. The highest BCUT2D eigenvalue weighted by Crippen LogP contribution is 2.21. The summed E-state index contributed by atoms with van der Waals surface area (Å²) >= 11 is 5.78. The molecular weight excluding hydrogens is 198 g/mol. The Morgan fingerprint density at radius 1 is 1.21 bits per heavy atom. The molecule has 1 heterocycles. The van der Waals surface area contributed by atoms with Crippen LogP contribution in [0.25, 0.3) is 5.57 Å². The van der Waals surface area contributed by atoms with Crippen molar-refractivity contribution in [3.05, 3.63) is 40.9 Å². The Bertz CT molecular complexity index is 381. The molecule has 0 radical (unpaired) electrons. The molecule has 2 rings (SSSR count). The molecule has 1 amide bonds. The number of hydrogen-bond acceptors (Lipinski definition) is 1. The summed E-state index contributed by atoms with van der Waals surface area (Å²) < 4.78 is 0. The molecule has 3 heteroatoms. The maximum Gasteiger partial charge on any atom is 0.244 e. The van der Waals surface area contributed by atoms with Crippen molar-refractivity contribution >= 4 is 23.1 Å². The number of hydrogen-bond donors (Lipinski definition) is 1. The maximum atomic E-state index is 11.1. The van der Waals surface area contributed by atoms with Crippen molar-refractivity contribution in [2.45, 2.75) is 6.42 Å². The molecule has 0 fully saturated rings. The lowest BCUT2D eigenvalue weighted by Gasteiger charge is -2.13. The summed E-state index contributed by atoms with van der Waals surface area (Å²) in [4.78, 5) is 11.1. The highest BCUT2D eigenvalue weighted by molar-refractivity contribution is 6.30. The second kappa shape index (κ2) is 3.84. The second-order valence-electron chi connectivity index (χ2n) is 3.22. The Morgan fingerprint density at radius 3 is 2.57 bits per heavy atom. The lowest BCUT2D eigenvalue weighted by atomic mass is 10.0. The molecule has 2 nitrogen and oxygen atoms in total. The van der Waals surface area contributed by atoms with Crippen LogP contribution in [0.3, 0.4) is 0 Å². The smallest absolute Gasteiger partial charge is 0.244 e. The quantitative estimate of drug-likeness (QED) is 0.752. The van der Waals surface area contributed by atoms with Crippen LogP contribution in [0.1, 0.15) is 12.0 Å². The Balaban J connectivity index is 2.30. The molecule has 1 aliphatic rings. The number of nitrogens with one attached hydrogen (secondary N) is 1. The van der Waals surface area contributed by atoms with E-state index < -0.39 is 0 Å². The first kappa shape index (κ1) is 9.28. The molecule has 0 bridgehead atoms. The van der Waals surface area contributed by atoms with Gasteiger partial charge in [-0.3, -0.25) is 4.79 Å². The van der Waals surface area contributed by atoms with E-state index in [9.17, 15) is 4.79 Å². The van der Waals surface area contributed by atoms with Crippen LogP contribution in [0, 0.1) is 0 Å². The summed E-state index contributed by atoms with van der Waals surface area (Å²) in [6, 6.07) is 7.55. The van der Waals surface area contributed by atoms with Crippen molar-refractivity contribution in [3.63, 3.8) is 0 Å². The van der Waals surface area contributed by atoms with Gasteiger partial charge in [0.15, 0.2) is 0 Å². The fraction of sp³-hybridized carbons (Fsp3) is 0.182. The molecule has 14 heavy (non-hydrogen) atoms. The molecule has 72 valence electrons. The Labute approximate surface area is 87.6 Å². The van der Waals surface area contributed by atoms with Gasteiger partial charge in [0.2, 0.25) is 5.91 Å². The first-order valence-electron chi connectivity index (χ1n) is 4.50. The van der Waals surface area contributed by atoms with Crippen LogP contribution in [0.15, 0.2) is 30.3 Å². The van der Waals surface area contributed by atoms with E-state index in [1.807, 2.05) is 24.3 Å². The number of benzene rings is 1. The lowest BCUT2D eigenvalue weighted by Crippen LogP contribution is -2.26. The van der Waals surface area contributed by atoms with E-state index in [1.54, 1.807) is 6.08 Å². The lowest BCUT2D eigenvalue weighted by molar-refractivity contribution is -0.116. The van der Waals surface area contributed by atoms with Gasteiger partial charge in [0.05, 0.1) is 0 Å². The van der Waals surface area contributed by atoms with Crippen LogP contribution >= 0.6 is 11.6 Å². The van der Waals surface area contributed by atoms with Gasteiger partial charge in [-0.1, -0.05) is 23.7 Å². The number of amides is 1. The normalized spacial score (nSPS) is 16.1.